The van der Waals surface area contributed by atoms with Gasteiger partial charge >= 0.3 is 0 Å². The minimum atomic E-state index is -0.309. The summed E-state index contributed by atoms with van der Waals surface area (Å²) in [6.07, 6.45) is 1.87. The average Bonchev–Trinajstić information content (AvgIpc) is 3.29. The normalized spacial score (nSPS) is 12.2. The van der Waals surface area contributed by atoms with E-state index in [1.54, 1.807) is 11.4 Å². The van der Waals surface area contributed by atoms with Crippen molar-refractivity contribution in [2.24, 2.45) is 0 Å². The van der Waals surface area contributed by atoms with E-state index in [-0.39, 0.29) is 11.9 Å². The Morgan fingerprint density at radius 1 is 1.23 bits per heavy atom. The van der Waals surface area contributed by atoms with Crippen LogP contribution in [-0.4, -0.2) is 25.5 Å². The minimum absolute atomic E-state index is 0.255. The van der Waals surface area contributed by atoms with Crippen LogP contribution in [0.25, 0.3) is 16.2 Å². The van der Waals surface area contributed by atoms with Gasteiger partial charge in [-0.05, 0) is 31.2 Å². The summed E-state index contributed by atoms with van der Waals surface area (Å²) in [6, 6.07) is 12.7. The maximum atomic E-state index is 12.5. The zero-order valence-corrected chi connectivity index (χ0v) is 15.3. The molecule has 0 saturated carbocycles. The lowest BCUT2D eigenvalue weighted by molar-refractivity contribution is 0.0934. The van der Waals surface area contributed by atoms with Crippen LogP contribution in [0.5, 0.6) is 0 Å². The third-order valence-electron chi connectivity index (χ3n) is 3.88. The van der Waals surface area contributed by atoms with Crippen LogP contribution in [0.4, 0.5) is 0 Å². The number of hydrogen-bond acceptors (Lipinski definition) is 5. The number of pyridine rings is 1. The van der Waals surface area contributed by atoms with Gasteiger partial charge in [-0.1, -0.05) is 29.8 Å². The molecule has 4 aromatic rings. The Labute approximate surface area is 158 Å². The van der Waals surface area contributed by atoms with Gasteiger partial charge in [0.15, 0.2) is 11.5 Å². The second-order valence-corrected chi connectivity index (χ2v) is 7.02. The van der Waals surface area contributed by atoms with E-state index in [1.165, 1.54) is 11.3 Å². The lowest BCUT2D eigenvalue weighted by atomic mass is 10.2. The van der Waals surface area contributed by atoms with Gasteiger partial charge in [0.25, 0.3) is 5.91 Å². The Kier molecular flexibility index (Phi) is 4.40. The highest BCUT2D eigenvalue weighted by Gasteiger charge is 2.18. The molecule has 1 aromatic carbocycles. The first-order valence-electron chi connectivity index (χ1n) is 7.94. The highest BCUT2D eigenvalue weighted by Crippen LogP contribution is 2.26. The molecule has 1 amide bonds. The van der Waals surface area contributed by atoms with Gasteiger partial charge < -0.3 is 5.32 Å². The average molecular weight is 384 g/mol. The number of amides is 1. The number of halogens is 1. The zero-order chi connectivity index (χ0) is 18.1. The summed E-state index contributed by atoms with van der Waals surface area (Å²) in [7, 11) is 0. The first-order valence-corrected chi connectivity index (χ1v) is 9.19. The molecular formula is C18H14ClN5OS. The summed E-state index contributed by atoms with van der Waals surface area (Å²) < 4.78 is 1.85. The highest BCUT2D eigenvalue weighted by molar-refractivity contribution is 7.13. The molecule has 0 aliphatic carbocycles. The van der Waals surface area contributed by atoms with Crippen molar-refractivity contribution in [3.8, 4) is 10.6 Å². The van der Waals surface area contributed by atoms with E-state index < -0.39 is 0 Å². The van der Waals surface area contributed by atoms with Crippen LogP contribution in [0.3, 0.4) is 0 Å². The number of hydrogen-bond donors (Lipinski definition) is 1. The molecule has 0 saturated heterocycles. The number of benzene rings is 1. The Morgan fingerprint density at radius 3 is 2.96 bits per heavy atom. The van der Waals surface area contributed by atoms with Crippen molar-refractivity contribution in [2.45, 2.75) is 13.0 Å². The van der Waals surface area contributed by atoms with Gasteiger partial charge in [0.1, 0.15) is 10.7 Å². The monoisotopic (exact) mass is 383 g/mol. The topological polar surface area (TPSA) is 72.2 Å². The summed E-state index contributed by atoms with van der Waals surface area (Å²) in [4.78, 5) is 17.0. The van der Waals surface area contributed by atoms with Crippen LogP contribution in [0, 0.1) is 0 Å². The van der Waals surface area contributed by atoms with Gasteiger partial charge in [0.05, 0.1) is 6.04 Å². The van der Waals surface area contributed by atoms with E-state index in [0.29, 0.717) is 16.5 Å². The van der Waals surface area contributed by atoms with Crippen molar-refractivity contribution in [2.75, 3.05) is 0 Å². The van der Waals surface area contributed by atoms with Gasteiger partial charge in [-0.3, -0.25) is 9.20 Å². The van der Waals surface area contributed by atoms with Crippen LogP contribution in [0.1, 0.15) is 29.3 Å². The molecule has 6 nitrogen and oxygen atoms in total. The molecular weight excluding hydrogens is 370 g/mol. The van der Waals surface area contributed by atoms with Gasteiger partial charge in [-0.25, -0.2) is 4.98 Å². The molecule has 0 bridgehead atoms. The van der Waals surface area contributed by atoms with Crippen molar-refractivity contribution in [3.05, 3.63) is 70.6 Å². The van der Waals surface area contributed by atoms with E-state index in [4.69, 9.17) is 11.6 Å². The fraction of sp³-hybridized carbons (Fsp3) is 0.111. The van der Waals surface area contributed by atoms with E-state index in [9.17, 15) is 4.79 Å². The van der Waals surface area contributed by atoms with Gasteiger partial charge in [-0.2, -0.15) is 0 Å². The molecule has 26 heavy (non-hydrogen) atoms. The third kappa shape index (κ3) is 3.18. The van der Waals surface area contributed by atoms with Crippen molar-refractivity contribution >= 4 is 34.5 Å². The van der Waals surface area contributed by atoms with Crippen molar-refractivity contribution < 1.29 is 4.79 Å². The van der Waals surface area contributed by atoms with Crippen LogP contribution in [-0.2, 0) is 0 Å². The largest absolute Gasteiger partial charge is 0.341 e. The maximum absolute atomic E-state index is 12.5. The standard InChI is InChI=1S/C18H14ClN5OS/c1-11(16-23-22-15-7-2-3-8-24(15)16)20-17(25)14-10-26-18(21-14)12-5-4-6-13(19)9-12/h2-11H,1H3,(H,20,25). The predicted molar refractivity (Wildman–Crippen MR) is 101 cm³/mol. The molecule has 1 unspecified atom stereocenters. The SMILES string of the molecule is CC(NC(=O)c1csc(-c2cccc(Cl)c2)n1)c1nnc2ccccn12. The van der Waals surface area contributed by atoms with Crippen molar-refractivity contribution in [3.63, 3.8) is 0 Å². The molecule has 1 atom stereocenters. The Bertz CT molecular complexity index is 1090. The fourth-order valence-electron chi connectivity index (χ4n) is 2.62. The maximum Gasteiger partial charge on any atom is 0.271 e. The number of aromatic nitrogens is 4. The fourth-order valence-corrected chi connectivity index (χ4v) is 3.61. The summed E-state index contributed by atoms with van der Waals surface area (Å²) in [5.41, 5.74) is 1.99. The van der Waals surface area contributed by atoms with Crippen molar-refractivity contribution in [1.29, 1.82) is 0 Å². The summed E-state index contributed by atoms with van der Waals surface area (Å²) in [5, 5.41) is 14.3. The number of nitrogens with one attached hydrogen (secondary N) is 1. The van der Waals surface area contributed by atoms with Gasteiger partial charge in [0, 0.05) is 22.2 Å². The first-order chi connectivity index (χ1) is 12.6. The van der Waals surface area contributed by atoms with Gasteiger partial charge in [-0.15, -0.1) is 21.5 Å². The molecule has 8 heteroatoms. The number of rotatable bonds is 4. The third-order valence-corrected chi connectivity index (χ3v) is 5.01. The second kappa shape index (κ2) is 6.86. The molecule has 0 fully saturated rings. The molecule has 4 rings (SSSR count). The molecule has 0 spiro atoms. The van der Waals surface area contributed by atoms with Crippen LogP contribution >= 0.6 is 22.9 Å². The Balaban J connectivity index is 1.53. The first kappa shape index (κ1) is 16.7. The Morgan fingerprint density at radius 2 is 2.12 bits per heavy atom. The second-order valence-electron chi connectivity index (χ2n) is 5.73. The van der Waals surface area contributed by atoms with Crippen LogP contribution < -0.4 is 5.32 Å². The summed E-state index contributed by atoms with van der Waals surface area (Å²) >= 11 is 7.42. The smallest absolute Gasteiger partial charge is 0.271 e. The highest BCUT2D eigenvalue weighted by atomic mass is 35.5. The molecule has 1 N–H and O–H groups in total. The minimum Gasteiger partial charge on any atom is -0.341 e. The number of nitrogens with zero attached hydrogens (tertiary/aromatic N) is 4. The summed E-state index contributed by atoms with van der Waals surface area (Å²) in [5.74, 6) is 0.411. The number of thiazole rings is 1. The Hall–Kier alpha value is -2.77. The number of carbonyl (C=O) groups is 1. The number of carbonyl (C=O) groups excluding carboxylic acids is 1. The van der Waals surface area contributed by atoms with E-state index in [2.05, 4.69) is 20.5 Å². The summed E-state index contributed by atoms with van der Waals surface area (Å²) in [6.45, 7) is 1.87. The molecule has 0 aliphatic rings. The van der Waals surface area contributed by atoms with Crippen LogP contribution in [0.2, 0.25) is 5.02 Å². The lowest BCUT2D eigenvalue weighted by Gasteiger charge is -2.11. The molecule has 0 aliphatic heterocycles. The molecule has 0 radical (unpaired) electrons. The molecule has 3 aromatic heterocycles. The van der Waals surface area contributed by atoms with Crippen LogP contribution in [0.15, 0.2) is 54.0 Å². The van der Waals surface area contributed by atoms with E-state index >= 15 is 0 Å². The molecule has 3 heterocycles. The quantitative estimate of drug-likeness (QED) is 0.578. The zero-order valence-electron chi connectivity index (χ0n) is 13.8. The van der Waals surface area contributed by atoms with E-state index in [0.717, 1.165) is 16.2 Å². The van der Waals surface area contributed by atoms with Crippen molar-refractivity contribution in [1.82, 2.24) is 24.9 Å². The molecule has 130 valence electrons. The lowest BCUT2D eigenvalue weighted by Crippen LogP contribution is -2.28. The number of fused-ring (bicyclic) bond motifs is 1. The van der Waals surface area contributed by atoms with Gasteiger partial charge in [0.2, 0.25) is 0 Å². The van der Waals surface area contributed by atoms with E-state index in [1.807, 2.05) is 53.9 Å². The predicted octanol–water partition coefficient (Wildman–Crippen LogP) is 4.00.